The number of rotatable bonds is 6. The molecule has 0 radical (unpaired) electrons. The number of nitro groups is 1. The molecule has 25 heavy (non-hydrogen) atoms. The van der Waals surface area contributed by atoms with E-state index in [1.54, 1.807) is 0 Å². The molecule has 0 bridgehead atoms. The van der Waals surface area contributed by atoms with E-state index in [1.165, 1.54) is 24.3 Å². The van der Waals surface area contributed by atoms with Gasteiger partial charge in [0.1, 0.15) is 0 Å². The fourth-order valence-corrected chi connectivity index (χ4v) is 2.32. The number of carbonyl (C=O) groups excluding carboxylic acids is 1. The van der Waals surface area contributed by atoms with Crippen LogP contribution in [0.4, 0.5) is 5.69 Å². The largest absolute Gasteiger partial charge is 0.499 e. The number of carbonyl (C=O) groups is 1. The fourth-order valence-electron chi connectivity index (χ4n) is 1.97. The van der Waals surface area contributed by atoms with Crippen LogP contribution >= 0.6 is 0 Å². The van der Waals surface area contributed by atoms with Gasteiger partial charge in [0.25, 0.3) is 0 Å². The van der Waals surface area contributed by atoms with Crippen LogP contribution in [0.1, 0.15) is 21.5 Å². The zero-order chi connectivity index (χ0) is 18.8. The lowest BCUT2D eigenvalue weighted by molar-refractivity contribution is -0.385. The van der Waals surface area contributed by atoms with Gasteiger partial charge in [0, 0.05) is 17.2 Å². The molecule has 0 amide bonds. The highest BCUT2D eigenvalue weighted by molar-refractivity contribution is 7.81. The van der Waals surface area contributed by atoms with Gasteiger partial charge in [-0.05, 0) is 11.6 Å². The van der Waals surface area contributed by atoms with E-state index in [1.807, 2.05) is 0 Å². The highest BCUT2D eigenvalue weighted by Crippen LogP contribution is 2.38. The lowest BCUT2D eigenvalue weighted by Gasteiger charge is -2.08. The molecule has 0 heterocycles. The monoisotopic (exact) mass is 369 g/mol. The van der Waals surface area contributed by atoms with Crippen LogP contribution in [-0.2, 0) is 17.0 Å². The number of aliphatic hydroxyl groups is 1. The number of benzene rings is 2. The maximum Gasteiger partial charge on any atom is 0.446 e. The number of phenols is 1. The van der Waals surface area contributed by atoms with E-state index in [4.69, 9.17) is 9.66 Å². The molecule has 10 nitrogen and oxygen atoms in total. The maximum absolute atomic E-state index is 12.4. The van der Waals surface area contributed by atoms with Crippen molar-refractivity contribution in [3.8, 4) is 11.5 Å². The average Bonchev–Trinajstić information content (AvgIpc) is 2.54. The first-order valence-corrected chi connectivity index (χ1v) is 7.91. The molecule has 0 unspecified atom stereocenters. The summed E-state index contributed by atoms with van der Waals surface area (Å²) in [5.74, 6) is -2.85. The molecule has 0 spiro atoms. The highest BCUT2D eigenvalue weighted by atomic mass is 32.3. The zero-order valence-electron chi connectivity index (χ0n) is 12.3. The predicted octanol–water partition coefficient (Wildman–Crippen LogP) is 1.21. The minimum Gasteiger partial charge on any atom is -0.499 e. The number of hydrogen-bond donors (Lipinski definition) is 3. The second-order valence-corrected chi connectivity index (χ2v) is 5.82. The van der Waals surface area contributed by atoms with E-state index in [-0.39, 0.29) is 17.7 Å². The van der Waals surface area contributed by atoms with Gasteiger partial charge in [-0.15, -0.1) is 0 Å². The average molecular weight is 369 g/mol. The van der Waals surface area contributed by atoms with Gasteiger partial charge in [-0.25, -0.2) is 0 Å². The van der Waals surface area contributed by atoms with Crippen LogP contribution in [0.25, 0.3) is 0 Å². The smallest absolute Gasteiger partial charge is 0.446 e. The van der Waals surface area contributed by atoms with Gasteiger partial charge in [0.05, 0.1) is 11.5 Å². The van der Waals surface area contributed by atoms with Crippen molar-refractivity contribution in [1.29, 1.82) is 0 Å². The van der Waals surface area contributed by atoms with Gasteiger partial charge in [0.15, 0.2) is 11.5 Å². The Bertz CT molecular complexity index is 936. The van der Waals surface area contributed by atoms with Gasteiger partial charge < -0.3 is 14.4 Å². The third-order valence-electron chi connectivity index (χ3n) is 3.11. The first kappa shape index (κ1) is 18.3. The molecule has 2 aromatic rings. The normalized spacial score (nSPS) is 11.1. The van der Waals surface area contributed by atoms with E-state index in [0.717, 1.165) is 12.1 Å². The lowest BCUT2D eigenvalue weighted by atomic mass is 10.0. The summed E-state index contributed by atoms with van der Waals surface area (Å²) >= 11 is 0. The molecule has 0 saturated heterocycles. The molecule has 2 aromatic carbocycles. The summed E-state index contributed by atoms with van der Waals surface area (Å²) in [4.78, 5) is 22.3. The molecule has 132 valence electrons. The van der Waals surface area contributed by atoms with Crippen LogP contribution < -0.4 is 4.18 Å². The summed E-state index contributed by atoms with van der Waals surface area (Å²) in [5, 5.41) is 29.6. The zero-order valence-corrected chi connectivity index (χ0v) is 13.1. The van der Waals surface area contributed by atoms with Gasteiger partial charge in [-0.3, -0.25) is 19.5 Å². The van der Waals surface area contributed by atoms with Gasteiger partial charge in [-0.2, -0.15) is 8.42 Å². The molecule has 0 saturated carbocycles. The highest BCUT2D eigenvalue weighted by Gasteiger charge is 2.25. The summed E-state index contributed by atoms with van der Waals surface area (Å²) < 4.78 is 34.4. The van der Waals surface area contributed by atoms with E-state index >= 15 is 0 Å². The molecule has 0 aliphatic carbocycles. The van der Waals surface area contributed by atoms with Gasteiger partial charge >= 0.3 is 16.1 Å². The lowest BCUT2D eigenvalue weighted by Crippen LogP contribution is -2.09. The first-order chi connectivity index (χ1) is 11.6. The van der Waals surface area contributed by atoms with Crippen molar-refractivity contribution in [2.75, 3.05) is 0 Å². The van der Waals surface area contributed by atoms with Crippen LogP contribution in [-0.4, -0.2) is 33.9 Å². The van der Waals surface area contributed by atoms with Crippen molar-refractivity contribution in [2.24, 2.45) is 0 Å². The van der Waals surface area contributed by atoms with Crippen LogP contribution in [0.5, 0.6) is 11.5 Å². The number of phenolic OH excluding ortho intramolecular Hbond substituents is 1. The molecule has 11 heteroatoms. The Morgan fingerprint density at radius 1 is 1.16 bits per heavy atom. The molecular formula is C14H11NO9S. The maximum atomic E-state index is 12.4. The summed E-state index contributed by atoms with van der Waals surface area (Å²) in [5.41, 5.74) is -0.699. The van der Waals surface area contributed by atoms with Crippen molar-refractivity contribution >= 4 is 21.9 Å². The summed E-state index contributed by atoms with van der Waals surface area (Å²) in [6, 6.07) is 7.12. The van der Waals surface area contributed by atoms with Crippen LogP contribution in [0.3, 0.4) is 0 Å². The Balaban J connectivity index is 2.55. The topological polar surface area (TPSA) is 164 Å². The van der Waals surface area contributed by atoms with Gasteiger partial charge in [-0.1, -0.05) is 24.3 Å². The van der Waals surface area contributed by atoms with Crippen LogP contribution in [0, 0.1) is 10.1 Å². The summed E-state index contributed by atoms with van der Waals surface area (Å²) in [7, 11) is -5.08. The summed E-state index contributed by atoms with van der Waals surface area (Å²) in [6.45, 7) is -0.245. The molecule has 3 N–H and O–H groups in total. The molecule has 0 aliphatic heterocycles. The SMILES string of the molecule is O=C(c1ccc(CO)cc1)c1cc(OS(=O)(=O)O)c(O)c([N+](=O)[O-])c1. The second-order valence-electron chi connectivity index (χ2n) is 4.79. The standard InChI is InChI=1S/C14H11NO9S/c16-7-8-1-3-9(4-2-8)13(17)10-5-11(15(19)20)14(18)12(6-10)24-25(21,22)23/h1-6,16,18H,7H2,(H,21,22,23). The Kier molecular flexibility index (Phi) is 5.02. The molecule has 0 aromatic heterocycles. The molecule has 0 fully saturated rings. The Morgan fingerprint density at radius 2 is 1.76 bits per heavy atom. The number of aliphatic hydroxyl groups excluding tert-OH is 1. The number of ketones is 1. The van der Waals surface area contributed by atoms with Crippen LogP contribution in [0.15, 0.2) is 36.4 Å². The number of nitrogens with zero attached hydrogens (tertiary/aromatic N) is 1. The third kappa shape index (κ3) is 4.29. The van der Waals surface area contributed by atoms with E-state index in [0.29, 0.717) is 5.56 Å². The van der Waals surface area contributed by atoms with Crippen LogP contribution in [0.2, 0.25) is 0 Å². The van der Waals surface area contributed by atoms with Crippen molar-refractivity contribution in [1.82, 2.24) is 0 Å². The number of hydrogen-bond acceptors (Lipinski definition) is 8. The minimum atomic E-state index is -5.08. The second kappa shape index (κ2) is 6.84. The molecular weight excluding hydrogens is 358 g/mol. The number of nitro benzene ring substituents is 1. The Hall–Kier alpha value is -3.02. The van der Waals surface area contributed by atoms with Crippen molar-refractivity contribution in [3.05, 3.63) is 63.2 Å². The third-order valence-corrected chi connectivity index (χ3v) is 3.50. The van der Waals surface area contributed by atoms with E-state index in [9.17, 15) is 28.4 Å². The molecule has 0 atom stereocenters. The number of aromatic hydroxyl groups is 1. The summed E-state index contributed by atoms with van der Waals surface area (Å²) in [6.07, 6.45) is 0. The Labute approximate surface area is 141 Å². The Morgan fingerprint density at radius 3 is 2.24 bits per heavy atom. The van der Waals surface area contributed by atoms with E-state index < -0.39 is 38.3 Å². The van der Waals surface area contributed by atoms with E-state index in [2.05, 4.69) is 4.18 Å². The predicted molar refractivity (Wildman–Crippen MR) is 82.7 cm³/mol. The van der Waals surface area contributed by atoms with Crippen molar-refractivity contribution in [3.63, 3.8) is 0 Å². The quantitative estimate of drug-likeness (QED) is 0.294. The van der Waals surface area contributed by atoms with Crippen molar-refractivity contribution in [2.45, 2.75) is 6.61 Å². The van der Waals surface area contributed by atoms with Gasteiger partial charge in [0.2, 0.25) is 5.75 Å². The first-order valence-electron chi connectivity index (χ1n) is 6.55. The molecule has 2 rings (SSSR count). The fraction of sp³-hybridized carbons (Fsp3) is 0.0714. The minimum absolute atomic E-state index is 0.0926. The molecule has 0 aliphatic rings. The van der Waals surface area contributed by atoms with Crippen molar-refractivity contribution < 1.29 is 37.1 Å².